The van der Waals surface area contributed by atoms with E-state index in [0.717, 1.165) is 24.8 Å². The molecule has 2 rings (SSSR count). The molecule has 120 valence electrons. The van der Waals surface area contributed by atoms with Gasteiger partial charge >= 0.3 is 5.97 Å². The van der Waals surface area contributed by atoms with Crippen LogP contribution in [0.25, 0.3) is 0 Å². The highest BCUT2D eigenvalue weighted by molar-refractivity contribution is 5.86. The van der Waals surface area contributed by atoms with E-state index in [1.165, 1.54) is 7.11 Å². The molecule has 1 aromatic carbocycles. The highest BCUT2D eigenvalue weighted by Crippen LogP contribution is 2.29. The van der Waals surface area contributed by atoms with Gasteiger partial charge < -0.3 is 10.5 Å². The lowest BCUT2D eigenvalue weighted by Gasteiger charge is -2.37. The van der Waals surface area contributed by atoms with E-state index in [1.54, 1.807) is 0 Å². The zero-order chi connectivity index (χ0) is 16.0. The van der Waals surface area contributed by atoms with Crippen LogP contribution in [0.1, 0.15) is 37.7 Å². The third-order valence-electron chi connectivity index (χ3n) is 4.40. The van der Waals surface area contributed by atoms with Gasteiger partial charge in [0.05, 0.1) is 12.6 Å². The van der Waals surface area contributed by atoms with Gasteiger partial charge in [0.25, 0.3) is 0 Å². The number of methoxy groups -OCH3 is 1. The summed E-state index contributed by atoms with van der Waals surface area (Å²) < 4.78 is 4.90. The summed E-state index contributed by atoms with van der Waals surface area (Å²) in [6.07, 6.45) is 4.79. The Morgan fingerprint density at radius 3 is 2.41 bits per heavy atom. The molecule has 0 saturated heterocycles. The van der Waals surface area contributed by atoms with Crippen LogP contribution >= 0.6 is 0 Å². The van der Waals surface area contributed by atoms with Gasteiger partial charge in [-0.25, -0.2) is 0 Å². The molecule has 22 heavy (non-hydrogen) atoms. The Balaban J connectivity index is 2.17. The Labute approximate surface area is 131 Å². The van der Waals surface area contributed by atoms with Gasteiger partial charge in [-0.2, -0.15) is 0 Å². The number of hydrogen-bond acceptors (Lipinski definition) is 4. The standard InChI is InChI=1S/C17H24N2O3/c1-22-15(20)14(12-13-8-4-2-5-9-13)19-17(16(18)21)10-6-3-7-11-17/h2,4-5,8-9,14,19H,3,6-7,10-12H2,1H3,(H2,18,21)/t14-/m0/s1. The molecule has 1 atom stereocenters. The van der Waals surface area contributed by atoms with Crippen molar-refractivity contribution in [1.29, 1.82) is 0 Å². The number of carbonyl (C=O) groups is 2. The van der Waals surface area contributed by atoms with Gasteiger partial charge in [-0.3, -0.25) is 14.9 Å². The third-order valence-corrected chi connectivity index (χ3v) is 4.40. The van der Waals surface area contributed by atoms with Crippen LogP contribution in [-0.4, -0.2) is 30.6 Å². The van der Waals surface area contributed by atoms with E-state index >= 15 is 0 Å². The number of ether oxygens (including phenoxy) is 1. The number of benzene rings is 1. The zero-order valence-corrected chi connectivity index (χ0v) is 13.0. The lowest BCUT2D eigenvalue weighted by atomic mass is 9.80. The van der Waals surface area contributed by atoms with E-state index in [1.807, 2.05) is 30.3 Å². The molecule has 1 saturated carbocycles. The molecule has 1 aliphatic carbocycles. The van der Waals surface area contributed by atoms with Crippen LogP contribution in [-0.2, 0) is 20.7 Å². The van der Waals surface area contributed by atoms with Gasteiger partial charge in [0.1, 0.15) is 6.04 Å². The largest absolute Gasteiger partial charge is 0.468 e. The third kappa shape index (κ3) is 3.85. The summed E-state index contributed by atoms with van der Waals surface area (Å²) in [6, 6.07) is 9.11. The Morgan fingerprint density at radius 2 is 1.86 bits per heavy atom. The van der Waals surface area contributed by atoms with Crippen LogP contribution in [0.3, 0.4) is 0 Å². The summed E-state index contributed by atoms with van der Waals surface area (Å²) in [7, 11) is 1.36. The summed E-state index contributed by atoms with van der Waals surface area (Å²) in [6.45, 7) is 0. The summed E-state index contributed by atoms with van der Waals surface area (Å²) in [5.41, 5.74) is 5.85. The van der Waals surface area contributed by atoms with Crippen molar-refractivity contribution in [1.82, 2.24) is 5.32 Å². The molecule has 0 radical (unpaired) electrons. The fraction of sp³-hybridized carbons (Fsp3) is 0.529. The maximum absolute atomic E-state index is 12.1. The average Bonchev–Trinajstić information content (AvgIpc) is 2.55. The lowest BCUT2D eigenvalue weighted by Crippen LogP contribution is -2.61. The van der Waals surface area contributed by atoms with Crippen LogP contribution in [0.2, 0.25) is 0 Å². The molecular weight excluding hydrogens is 280 g/mol. The first-order valence-electron chi connectivity index (χ1n) is 7.77. The number of amides is 1. The first kappa shape index (κ1) is 16.5. The van der Waals surface area contributed by atoms with Crippen molar-refractivity contribution < 1.29 is 14.3 Å². The van der Waals surface area contributed by atoms with Gasteiger partial charge in [0, 0.05) is 0 Å². The highest BCUT2D eigenvalue weighted by Gasteiger charge is 2.41. The molecule has 0 aliphatic heterocycles. The topological polar surface area (TPSA) is 81.4 Å². The second-order valence-electron chi connectivity index (χ2n) is 5.92. The number of primary amides is 1. The minimum atomic E-state index is -0.800. The maximum atomic E-state index is 12.1. The number of nitrogens with one attached hydrogen (secondary N) is 1. The monoisotopic (exact) mass is 304 g/mol. The van der Waals surface area contributed by atoms with Crippen molar-refractivity contribution in [2.75, 3.05) is 7.11 Å². The number of esters is 1. The lowest BCUT2D eigenvalue weighted by molar-refractivity contribution is -0.144. The molecule has 1 aliphatic rings. The first-order chi connectivity index (χ1) is 10.6. The van der Waals surface area contributed by atoms with Gasteiger partial charge in [0.15, 0.2) is 0 Å². The van der Waals surface area contributed by atoms with E-state index in [-0.39, 0.29) is 11.9 Å². The molecule has 1 aromatic rings. The number of carbonyl (C=O) groups excluding carboxylic acids is 2. The minimum Gasteiger partial charge on any atom is -0.468 e. The Kier molecular flexibility index (Phi) is 5.55. The van der Waals surface area contributed by atoms with Crippen molar-refractivity contribution >= 4 is 11.9 Å². The van der Waals surface area contributed by atoms with Crippen molar-refractivity contribution in [2.45, 2.75) is 50.1 Å². The number of nitrogens with two attached hydrogens (primary N) is 1. The van der Waals surface area contributed by atoms with Gasteiger partial charge in [-0.1, -0.05) is 49.6 Å². The average molecular weight is 304 g/mol. The summed E-state index contributed by atoms with van der Waals surface area (Å²) in [5, 5.41) is 3.22. The minimum absolute atomic E-state index is 0.366. The van der Waals surface area contributed by atoms with Crippen molar-refractivity contribution in [3.63, 3.8) is 0 Å². The highest BCUT2D eigenvalue weighted by atomic mass is 16.5. The van der Waals surface area contributed by atoms with Crippen LogP contribution < -0.4 is 11.1 Å². The number of hydrogen-bond donors (Lipinski definition) is 2. The molecule has 0 heterocycles. The van der Waals surface area contributed by atoms with Gasteiger partial charge in [-0.15, -0.1) is 0 Å². The van der Waals surface area contributed by atoms with E-state index in [9.17, 15) is 9.59 Å². The summed E-state index contributed by atoms with van der Waals surface area (Å²) in [4.78, 5) is 24.1. The molecule has 5 nitrogen and oxygen atoms in total. The summed E-state index contributed by atoms with van der Waals surface area (Å²) >= 11 is 0. The van der Waals surface area contributed by atoms with E-state index in [4.69, 9.17) is 10.5 Å². The first-order valence-corrected chi connectivity index (χ1v) is 7.77. The van der Waals surface area contributed by atoms with Crippen molar-refractivity contribution in [3.8, 4) is 0 Å². The molecular formula is C17H24N2O3. The molecule has 0 unspecified atom stereocenters. The summed E-state index contributed by atoms with van der Waals surface area (Å²) in [5.74, 6) is -0.746. The quantitative estimate of drug-likeness (QED) is 0.781. The van der Waals surface area contributed by atoms with Crippen LogP contribution in [0.4, 0.5) is 0 Å². The normalized spacial score (nSPS) is 18.4. The predicted molar refractivity (Wildman–Crippen MR) is 84.1 cm³/mol. The Morgan fingerprint density at radius 1 is 1.23 bits per heavy atom. The molecule has 0 aromatic heterocycles. The SMILES string of the molecule is COC(=O)[C@H](Cc1ccccc1)NC1(C(N)=O)CCCCC1. The van der Waals surface area contributed by atoms with Gasteiger partial charge in [-0.05, 0) is 24.8 Å². The maximum Gasteiger partial charge on any atom is 0.323 e. The fourth-order valence-corrected chi connectivity index (χ4v) is 3.14. The van der Waals surface area contributed by atoms with Gasteiger partial charge in [0.2, 0.25) is 5.91 Å². The van der Waals surface area contributed by atoms with E-state index in [2.05, 4.69) is 5.32 Å². The van der Waals surface area contributed by atoms with Crippen LogP contribution in [0, 0.1) is 0 Å². The number of rotatable bonds is 6. The molecule has 1 fully saturated rings. The van der Waals surface area contributed by atoms with E-state index in [0.29, 0.717) is 19.3 Å². The zero-order valence-electron chi connectivity index (χ0n) is 13.0. The van der Waals surface area contributed by atoms with E-state index < -0.39 is 11.6 Å². The molecule has 0 bridgehead atoms. The smallest absolute Gasteiger partial charge is 0.323 e. The second kappa shape index (κ2) is 7.40. The van der Waals surface area contributed by atoms with Crippen molar-refractivity contribution in [3.05, 3.63) is 35.9 Å². The molecule has 5 heteroatoms. The molecule has 1 amide bonds. The molecule has 3 N–H and O–H groups in total. The molecule has 0 spiro atoms. The second-order valence-corrected chi connectivity index (χ2v) is 5.92. The predicted octanol–water partition coefficient (Wildman–Crippen LogP) is 1.55. The van der Waals surface area contributed by atoms with Crippen LogP contribution in [0.5, 0.6) is 0 Å². The Hall–Kier alpha value is -1.88. The fourth-order valence-electron chi connectivity index (χ4n) is 3.14. The van der Waals surface area contributed by atoms with Crippen molar-refractivity contribution in [2.24, 2.45) is 5.73 Å². The van der Waals surface area contributed by atoms with Crippen LogP contribution in [0.15, 0.2) is 30.3 Å². The Bertz CT molecular complexity index is 510.